The third-order valence-corrected chi connectivity index (χ3v) is 5.84. The van der Waals surface area contributed by atoms with E-state index in [2.05, 4.69) is 0 Å². The summed E-state index contributed by atoms with van der Waals surface area (Å²) in [6.45, 7) is 2.38. The molecule has 1 saturated heterocycles. The van der Waals surface area contributed by atoms with E-state index in [0.717, 1.165) is 18.4 Å². The first kappa shape index (κ1) is 14.5. The maximum absolute atomic E-state index is 12.4. The Morgan fingerprint density at radius 2 is 2.05 bits per heavy atom. The van der Waals surface area contributed by atoms with Crippen LogP contribution in [0.1, 0.15) is 31.2 Å². The molecule has 0 amide bonds. The molecule has 0 saturated carbocycles. The molecule has 1 aromatic carbocycles. The molecule has 1 fully saturated rings. The van der Waals surface area contributed by atoms with Crippen LogP contribution in [-0.4, -0.2) is 42.8 Å². The van der Waals surface area contributed by atoms with Gasteiger partial charge in [0.2, 0.25) is 10.0 Å². The van der Waals surface area contributed by atoms with Gasteiger partial charge in [-0.2, -0.15) is 4.31 Å². The smallest absolute Gasteiger partial charge is 0.215 e. The van der Waals surface area contributed by atoms with Crippen molar-refractivity contribution in [2.45, 2.75) is 31.7 Å². The second-order valence-corrected chi connectivity index (χ2v) is 7.15. The van der Waals surface area contributed by atoms with E-state index in [9.17, 15) is 13.5 Å². The summed E-state index contributed by atoms with van der Waals surface area (Å²) in [5.41, 5.74) is 1.03. The van der Waals surface area contributed by atoms with Gasteiger partial charge in [0.25, 0.3) is 0 Å². The largest absolute Gasteiger partial charge is 0.395 e. The van der Waals surface area contributed by atoms with Crippen molar-refractivity contribution in [1.29, 1.82) is 0 Å². The molecule has 2 unspecified atom stereocenters. The summed E-state index contributed by atoms with van der Waals surface area (Å²) < 4.78 is 26.3. The molecule has 1 aromatic rings. The zero-order valence-corrected chi connectivity index (χ0v) is 12.0. The molecule has 19 heavy (non-hydrogen) atoms. The van der Waals surface area contributed by atoms with Gasteiger partial charge in [0.1, 0.15) is 0 Å². The molecule has 0 spiro atoms. The molecule has 0 aromatic heterocycles. The van der Waals surface area contributed by atoms with Crippen LogP contribution in [0.2, 0.25) is 0 Å². The van der Waals surface area contributed by atoms with E-state index >= 15 is 0 Å². The second-order valence-electron chi connectivity index (χ2n) is 5.18. The number of aliphatic hydroxyl groups excluding tert-OH is 1. The molecule has 2 rings (SSSR count). The average Bonchev–Trinajstić information content (AvgIpc) is 2.88. The van der Waals surface area contributed by atoms with E-state index in [1.165, 1.54) is 4.31 Å². The molecule has 5 heteroatoms. The molecular weight excluding hydrogens is 262 g/mol. The minimum atomic E-state index is -3.30. The van der Waals surface area contributed by atoms with Crippen molar-refractivity contribution in [2.24, 2.45) is 0 Å². The SMILES string of the molecule is CC(CS(=O)(=O)N1CCCC1CO)c1ccccc1. The van der Waals surface area contributed by atoms with Crippen molar-refractivity contribution in [3.8, 4) is 0 Å². The molecule has 1 heterocycles. The summed E-state index contributed by atoms with van der Waals surface area (Å²) >= 11 is 0. The van der Waals surface area contributed by atoms with Gasteiger partial charge in [-0.25, -0.2) is 8.42 Å². The van der Waals surface area contributed by atoms with Crippen LogP contribution in [0.4, 0.5) is 0 Å². The van der Waals surface area contributed by atoms with Crippen LogP contribution in [0.15, 0.2) is 30.3 Å². The van der Waals surface area contributed by atoms with Gasteiger partial charge in [-0.1, -0.05) is 37.3 Å². The molecule has 1 N–H and O–H groups in total. The van der Waals surface area contributed by atoms with Crippen LogP contribution in [0.25, 0.3) is 0 Å². The van der Waals surface area contributed by atoms with Crippen molar-refractivity contribution >= 4 is 10.0 Å². The van der Waals surface area contributed by atoms with E-state index in [-0.39, 0.29) is 24.3 Å². The van der Waals surface area contributed by atoms with E-state index in [1.54, 1.807) is 0 Å². The van der Waals surface area contributed by atoms with Crippen molar-refractivity contribution < 1.29 is 13.5 Å². The zero-order valence-electron chi connectivity index (χ0n) is 11.2. The fraction of sp³-hybridized carbons (Fsp3) is 0.571. The first-order valence-electron chi connectivity index (χ1n) is 6.70. The Labute approximate surface area is 115 Å². The number of hydrogen-bond acceptors (Lipinski definition) is 3. The minimum absolute atomic E-state index is 0.0360. The first-order valence-corrected chi connectivity index (χ1v) is 8.31. The van der Waals surface area contributed by atoms with Crippen molar-refractivity contribution in [2.75, 3.05) is 18.9 Å². The van der Waals surface area contributed by atoms with Crippen molar-refractivity contribution in [1.82, 2.24) is 4.31 Å². The molecular formula is C14H21NO3S. The summed E-state index contributed by atoms with van der Waals surface area (Å²) in [4.78, 5) is 0. The molecule has 106 valence electrons. The summed E-state index contributed by atoms with van der Waals surface area (Å²) in [7, 11) is -3.30. The molecule has 2 atom stereocenters. The fourth-order valence-electron chi connectivity index (χ4n) is 2.65. The van der Waals surface area contributed by atoms with Crippen molar-refractivity contribution in [3.05, 3.63) is 35.9 Å². The molecule has 0 radical (unpaired) electrons. The third kappa shape index (κ3) is 3.35. The van der Waals surface area contributed by atoms with Gasteiger partial charge in [-0.15, -0.1) is 0 Å². The number of aliphatic hydroxyl groups is 1. The Hall–Kier alpha value is -0.910. The zero-order chi connectivity index (χ0) is 13.9. The van der Waals surface area contributed by atoms with Gasteiger partial charge < -0.3 is 5.11 Å². The first-order chi connectivity index (χ1) is 9.04. The highest BCUT2D eigenvalue weighted by Crippen LogP contribution is 2.25. The van der Waals surface area contributed by atoms with Gasteiger partial charge in [-0.05, 0) is 24.3 Å². The van der Waals surface area contributed by atoms with Crippen LogP contribution < -0.4 is 0 Å². The van der Waals surface area contributed by atoms with E-state index in [1.807, 2.05) is 37.3 Å². The number of benzene rings is 1. The van der Waals surface area contributed by atoms with Crippen molar-refractivity contribution in [3.63, 3.8) is 0 Å². The lowest BCUT2D eigenvalue weighted by Crippen LogP contribution is -2.39. The standard InChI is InChI=1S/C14H21NO3S/c1-12(13-6-3-2-4-7-13)11-19(17,18)15-9-5-8-14(15)10-16/h2-4,6-7,12,14,16H,5,8-11H2,1H3. The Morgan fingerprint density at radius 1 is 1.37 bits per heavy atom. The van der Waals surface area contributed by atoms with Gasteiger partial charge in [0.15, 0.2) is 0 Å². The topological polar surface area (TPSA) is 57.6 Å². The number of nitrogens with zero attached hydrogens (tertiary/aromatic N) is 1. The third-order valence-electron chi connectivity index (χ3n) is 3.72. The highest BCUT2D eigenvalue weighted by molar-refractivity contribution is 7.89. The van der Waals surface area contributed by atoms with Crippen LogP contribution in [0.3, 0.4) is 0 Å². The monoisotopic (exact) mass is 283 g/mol. The number of rotatable bonds is 5. The predicted octanol–water partition coefficient (Wildman–Crippen LogP) is 1.58. The molecule has 0 bridgehead atoms. The van der Waals surface area contributed by atoms with Crippen LogP contribution in [0.5, 0.6) is 0 Å². The maximum atomic E-state index is 12.4. The predicted molar refractivity (Wildman–Crippen MR) is 75.5 cm³/mol. The highest BCUT2D eigenvalue weighted by Gasteiger charge is 2.34. The van der Waals surface area contributed by atoms with Gasteiger partial charge >= 0.3 is 0 Å². The van der Waals surface area contributed by atoms with Crippen LogP contribution in [0, 0.1) is 0 Å². The summed E-state index contributed by atoms with van der Waals surface area (Å²) in [5, 5.41) is 9.24. The lowest BCUT2D eigenvalue weighted by Gasteiger charge is -2.24. The summed E-state index contributed by atoms with van der Waals surface area (Å²) in [6, 6.07) is 9.44. The lowest BCUT2D eigenvalue weighted by molar-refractivity contribution is 0.213. The van der Waals surface area contributed by atoms with Crippen LogP contribution >= 0.6 is 0 Å². The van der Waals surface area contributed by atoms with E-state index in [0.29, 0.717) is 6.54 Å². The highest BCUT2D eigenvalue weighted by atomic mass is 32.2. The van der Waals surface area contributed by atoms with Gasteiger partial charge in [0.05, 0.1) is 12.4 Å². The quantitative estimate of drug-likeness (QED) is 0.892. The van der Waals surface area contributed by atoms with Crippen LogP contribution in [-0.2, 0) is 10.0 Å². The second kappa shape index (κ2) is 6.03. The summed E-state index contributed by atoms with van der Waals surface area (Å²) in [5.74, 6) is 0.0687. The van der Waals surface area contributed by atoms with E-state index < -0.39 is 10.0 Å². The molecule has 1 aliphatic heterocycles. The average molecular weight is 283 g/mol. The van der Waals surface area contributed by atoms with Gasteiger partial charge in [-0.3, -0.25) is 0 Å². The van der Waals surface area contributed by atoms with Gasteiger partial charge in [0, 0.05) is 12.6 Å². The molecule has 4 nitrogen and oxygen atoms in total. The Kier molecular flexibility index (Phi) is 4.60. The lowest BCUT2D eigenvalue weighted by atomic mass is 10.0. The fourth-order valence-corrected chi connectivity index (χ4v) is 4.70. The Bertz CT molecular complexity index is 501. The molecule has 1 aliphatic rings. The number of hydrogen-bond donors (Lipinski definition) is 1. The summed E-state index contributed by atoms with van der Waals surface area (Å²) in [6.07, 6.45) is 1.60. The number of sulfonamides is 1. The maximum Gasteiger partial charge on any atom is 0.215 e. The molecule has 0 aliphatic carbocycles. The Morgan fingerprint density at radius 3 is 2.68 bits per heavy atom. The Balaban J connectivity index is 2.09. The van der Waals surface area contributed by atoms with E-state index in [4.69, 9.17) is 0 Å². The minimum Gasteiger partial charge on any atom is -0.395 e. The normalized spacial score (nSPS) is 22.5.